The number of halogens is 1. The Morgan fingerprint density at radius 2 is 1.43 bits per heavy atom. The molecule has 0 radical (unpaired) electrons. The van der Waals surface area contributed by atoms with Crippen molar-refractivity contribution in [2.24, 2.45) is 0 Å². The molecular weight excluding hydrogens is 375 g/mol. The highest BCUT2D eigenvalue weighted by molar-refractivity contribution is 5.60. The highest BCUT2D eigenvalue weighted by atomic mass is 127. The summed E-state index contributed by atoms with van der Waals surface area (Å²) in [5.74, 6) is -1.08. The summed E-state index contributed by atoms with van der Waals surface area (Å²) in [6, 6.07) is 19.7. The summed E-state index contributed by atoms with van der Waals surface area (Å²) in [6.07, 6.45) is 0. The van der Waals surface area contributed by atoms with E-state index in [4.69, 9.17) is 9.90 Å². The van der Waals surface area contributed by atoms with E-state index in [0.29, 0.717) is 0 Å². The molecule has 0 N–H and O–H groups in total. The molecule has 3 heteroatoms. The van der Waals surface area contributed by atoms with Gasteiger partial charge in [0.2, 0.25) is 0 Å². The zero-order valence-electron chi connectivity index (χ0n) is 12.9. The lowest BCUT2D eigenvalue weighted by molar-refractivity contribution is -0.598. The number of carbonyl (C=O) groups is 1. The van der Waals surface area contributed by atoms with E-state index in [-0.39, 0.29) is 26.6 Å². The summed E-state index contributed by atoms with van der Waals surface area (Å²) in [6.45, 7) is 7.85. The van der Waals surface area contributed by atoms with Gasteiger partial charge in [0.05, 0.1) is 0 Å². The lowest BCUT2D eigenvalue weighted by Crippen LogP contribution is -3.61. The van der Waals surface area contributed by atoms with Gasteiger partial charge < -0.3 is 9.90 Å². The normalized spacial score (nSPS) is 10.5. The molecular formula is C18H21IO2. The maximum atomic E-state index is 8.89. The maximum absolute atomic E-state index is 8.89. The molecule has 2 rings (SSSR count). The third kappa shape index (κ3) is 6.76. The molecule has 0 spiro atoms. The van der Waals surface area contributed by atoms with E-state index in [1.807, 2.05) is 0 Å². The van der Waals surface area contributed by atoms with E-state index in [1.165, 1.54) is 9.13 Å². The molecule has 112 valence electrons. The molecule has 0 aromatic heterocycles. The van der Waals surface area contributed by atoms with Gasteiger partial charge in [-0.05, 0) is 30.5 Å². The first kappa shape index (κ1) is 17.7. The largest absolute Gasteiger partial charge is 0.550 e. The van der Waals surface area contributed by atoms with Crippen LogP contribution in [0.25, 0.3) is 0 Å². The molecule has 0 heterocycles. The van der Waals surface area contributed by atoms with Crippen LogP contribution in [0, 0.1) is 7.14 Å². The number of carboxylic acids is 1. The second-order valence-electron chi connectivity index (χ2n) is 5.61. The number of hydrogen-bond acceptors (Lipinski definition) is 2. The third-order valence-electron chi connectivity index (χ3n) is 2.63. The Morgan fingerprint density at radius 3 is 1.95 bits per heavy atom. The lowest BCUT2D eigenvalue weighted by Gasteiger charge is -2.18. The lowest BCUT2D eigenvalue weighted by atomic mass is 9.87. The minimum Gasteiger partial charge on any atom is -0.550 e. The average molecular weight is 396 g/mol. The number of benzene rings is 2. The van der Waals surface area contributed by atoms with Gasteiger partial charge in [-0.3, -0.25) is 0 Å². The first-order valence-corrected chi connectivity index (χ1v) is 8.93. The summed E-state index contributed by atoms with van der Waals surface area (Å²) in [4.78, 5) is 8.89. The monoisotopic (exact) mass is 396 g/mol. The SMILES string of the molecule is CC(=O)[O-].CC(C)(C)c1ccccc1[I+]c1ccccc1. The molecule has 2 aromatic rings. The number of carbonyl (C=O) groups excluding carboxylic acids is 1. The van der Waals surface area contributed by atoms with Gasteiger partial charge in [0.25, 0.3) is 0 Å². The maximum Gasteiger partial charge on any atom is 0.358 e. The fourth-order valence-corrected chi connectivity index (χ4v) is 4.86. The van der Waals surface area contributed by atoms with Crippen LogP contribution < -0.4 is 26.3 Å². The van der Waals surface area contributed by atoms with E-state index in [9.17, 15) is 0 Å². The van der Waals surface area contributed by atoms with Crippen LogP contribution in [0.1, 0.15) is 33.3 Å². The molecule has 0 unspecified atom stereocenters. The predicted molar refractivity (Wildman–Crippen MR) is 79.7 cm³/mol. The summed E-state index contributed by atoms with van der Waals surface area (Å²) < 4.78 is 3.04. The number of rotatable bonds is 2. The molecule has 0 saturated heterocycles. The Morgan fingerprint density at radius 1 is 0.952 bits per heavy atom. The Hall–Kier alpha value is -1.36. The van der Waals surface area contributed by atoms with Crippen molar-refractivity contribution in [1.82, 2.24) is 0 Å². The summed E-state index contributed by atoms with van der Waals surface area (Å²) >= 11 is -0.0589. The molecule has 0 fully saturated rings. The van der Waals surface area contributed by atoms with Crippen molar-refractivity contribution in [3.05, 3.63) is 67.3 Å². The summed E-state index contributed by atoms with van der Waals surface area (Å²) in [7, 11) is 0. The summed E-state index contributed by atoms with van der Waals surface area (Å²) in [5, 5.41) is 8.89. The fraction of sp³-hybridized carbons (Fsp3) is 0.278. The smallest absolute Gasteiger partial charge is 0.358 e. The third-order valence-corrected chi connectivity index (χ3v) is 5.49. The van der Waals surface area contributed by atoms with Gasteiger partial charge >= 0.3 is 21.2 Å². The second-order valence-corrected chi connectivity index (χ2v) is 8.56. The number of carboxylic acid groups (broad SMARTS) is 1. The molecule has 21 heavy (non-hydrogen) atoms. The van der Waals surface area contributed by atoms with Crippen LogP contribution in [-0.4, -0.2) is 5.97 Å². The van der Waals surface area contributed by atoms with Crippen LogP contribution in [0.4, 0.5) is 0 Å². The van der Waals surface area contributed by atoms with Crippen LogP contribution in [0.2, 0.25) is 0 Å². The van der Waals surface area contributed by atoms with Crippen molar-refractivity contribution in [2.45, 2.75) is 33.1 Å². The number of aliphatic carboxylic acids is 1. The molecule has 0 atom stereocenters. The zero-order valence-corrected chi connectivity index (χ0v) is 15.0. The van der Waals surface area contributed by atoms with Crippen molar-refractivity contribution in [3.63, 3.8) is 0 Å². The fourth-order valence-electron chi connectivity index (χ4n) is 1.75. The zero-order chi connectivity index (χ0) is 15.9. The first-order chi connectivity index (χ1) is 9.80. The molecule has 0 aliphatic rings. The molecule has 0 saturated carbocycles. The van der Waals surface area contributed by atoms with Crippen molar-refractivity contribution < 1.29 is 31.1 Å². The van der Waals surface area contributed by atoms with Crippen LogP contribution in [0.15, 0.2) is 54.6 Å². The second kappa shape index (κ2) is 8.17. The number of hydrogen-bond donors (Lipinski definition) is 0. The molecule has 2 nitrogen and oxygen atoms in total. The van der Waals surface area contributed by atoms with Gasteiger partial charge in [0, 0.05) is 11.5 Å². The highest BCUT2D eigenvalue weighted by Crippen LogP contribution is 2.21. The van der Waals surface area contributed by atoms with Gasteiger partial charge in [-0.25, -0.2) is 0 Å². The molecule has 2 aromatic carbocycles. The average Bonchev–Trinajstić information content (AvgIpc) is 2.38. The minimum absolute atomic E-state index is 0.0589. The van der Waals surface area contributed by atoms with Gasteiger partial charge in [0.1, 0.15) is 0 Å². The van der Waals surface area contributed by atoms with Gasteiger partial charge in [0.15, 0.2) is 7.14 Å². The molecule has 0 aliphatic carbocycles. The van der Waals surface area contributed by atoms with Crippen molar-refractivity contribution in [2.75, 3.05) is 0 Å². The molecule has 0 amide bonds. The highest BCUT2D eigenvalue weighted by Gasteiger charge is 2.26. The van der Waals surface area contributed by atoms with Gasteiger partial charge in [-0.2, -0.15) is 0 Å². The quantitative estimate of drug-likeness (QED) is 0.664. The Bertz CT molecular complexity index is 567. The summed E-state index contributed by atoms with van der Waals surface area (Å²) in [5.41, 5.74) is 1.74. The van der Waals surface area contributed by atoms with E-state index in [0.717, 1.165) is 6.92 Å². The van der Waals surface area contributed by atoms with Crippen LogP contribution in [0.5, 0.6) is 0 Å². The van der Waals surface area contributed by atoms with Crippen molar-refractivity contribution in [3.8, 4) is 0 Å². The van der Waals surface area contributed by atoms with Gasteiger partial charge in [-0.1, -0.05) is 57.2 Å². The Labute approximate surface area is 137 Å². The standard InChI is InChI=1S/C16H18I.C2H4O2/c1-16(2,3)14-11-7-8-12-15(14)17-13-9-5-4-6-10-13;1-2(3)4/h4-12H,1-3H3;1H3,(H,3,4)/q+1;/p-1. The molecule has 0 bridgehead atoms. The van der Waals surface area contributed by atoms with Gasteiger partial charge in [-0.15, -0.1) is 0 Å². The van der Waals surface area contributed by atoms with Crippen LogP contribution in [0.3, 0.4) is 0 Å². The van der Waals surface area contributed by atoms with Crippen molar-refractivity contribution >= 4 is 5.97 Å². The van der Waals surface area contributed by atoms with E-state index >= 15 is 0 Å². The van der Waals surface area contributed by atoms with E-state index in [1.54, 1.807) is 3.57 Å². The van der Waals surface area contributed by atoms with Crippen LogP contribution in [-0.2, 0) is 10.2 Å². The Kier molecular flexibility index (Phi) is 6.89. The predicted octanol–water partition coefficient (Wildman–Crippen LogP) is -0.131. The van der Waals surface area contributed by atoms with Crippen LogP contribution >= 0.6 is 0 Å². The van der Waals surface area contributed by atoms with Crippen molar-refractivity contribution in [1.29, 1.82) is 0 Å². The minimum atomic E-state index is -1.08. The topological polar surface area (TPSA) is 40.1 Å². The molecule has 0 aliphatic heterocycles. The first-order valence-electron chi connectivity index (χ1n) is 6.77. The van der Waals surface area contributed by atoms with E-state index in [2.05, 4.69) is 75.4 Å². The Balaban J connectivity index is 0.000000491. The van der Waals surface area contributed by atoms with E-state index < -0.39 is 5.97 Å².